The summed E-state index contributed by atoms with van der Waals surface area (Å²) < 4.78 is 37.5. The molecule has 1 saturated heterocycles. The topological polar surface area (TPSA) is 100 Å². The second-order valence-corrected chi connectivity index (χ2v) is 10.1. The molecule has 1 spiro atoms. The molecular formula is C19H31N5O4S. The van der Waals surface area contributed by atoms with E-state index in [-0.39, 0.29) is 11.2 Å². The van der Waals surface area contributed by atoms with Crippen LogP contribution < -0.4 is 5.32 Å². The molecule has 1 aromatic heterocycles. The fourth-order valence-corrected chi connectivity index (χ4v) is 6.29. The number of guanidine groups is 1. The number of rotatable bonds is 6. The summed E-state index contributed by atoms with van der Waals surface area (Å²) in [6, 6.07) is 1.98. The maximum absolute atomic E-state index is 12.6. The van der Waals surface area contributed by atoms with Crippen molar-refractivity contribution in [3.05, 3.63) is 18.0 Å². The summed E-state index contributed by atoms with van der Waals surface area (Å²) in [6.45, 7) is 4.94. The van der Waals surface area contributed by atoms with Crippen molar-refractivity contribution in [2.24, 2.45) is 10.4 Å². The third-order valence-electron chi connectivity index (χ3n) is 6.71. The Labute approximate surface area is 172 Å². The first kappa shape index (κ1) is 20.6. The minimum atomic E-state index is -3.40. The SMILES string of the molecule is CCOC1CC(NC(=NC)N2CCN(S(=O)(=O)Cc3ccon3)CC2)C12CCC2. The first-order chi connectivity index (χ1) is 14.0. The van der Waals surface area contributed by atoms with E-state index >= 15 is 0 Å². The van der Waals surface area contributed by atoms with Crippen LogP contribution in [0.15, 0.2) is 21.8 Å². The first-order valence-corrected chi connectivity index (χ1v) is 12.1. The number of sulfonamides is 1. The molecule has 3 fully saturated rings. The van der Waals surface area contributed by atoms with E-state index in [4.69, 9.17) is 9.26 Å². The second kappa shape index (κ2) is 8.23. The van der Waals surface area contributed by atoms with E-state index in [2.05, 4.69) is 27.3 Å². The summed E-state index contributed by atoms with van der Waals surface area (Å²) in [7, 11) is -1.60. The van der Waals surface area contributed by atoms with Gasteiger partial charge < -0.3 is 19.5 Å². The molecule has 1 aliphatic heterocycles. The van der Waals surface area contributed by atoms with Gasteiger partial charge in [0.25, 0.3) is 0 Å². The van der Waals surface area contributed by atoms with Gasteiger partial charge in [0.05, 0.1) is 11.8 Å². The third kappa shape index (κ3) is 3.89. The van der Waals surface area contributed by atoms with Crippen molar-refractivity contribution in [1.82, 2.24) is 19.7 Å². The highest BCUT2D eigenvalue weighted by atomic mass is 32.2. The van der Waals surface area contributed by atoms with Crippen molar-refractivity contribution in [3.8, 4) is 0 Å². The van der Waals surface area contributed by atoms with Crippen LogP contribution in [-0.4, -0.2) is 80.7 Å². The molecule has 3 aliphatic rings. The number of aliphatic imine (C=N–C) groups is 1. The van der Waals surface area contributed by atoms with E-state index in [9.17, 15) is 8.42 Å². The smallest absolute Gasteiger partial charge is 0.220 e. The van der Waals surface area contributed by atoms with Crippen LogP contribution in [0.4, 0.5) is 0 Å². The number of hydrogen-bond acceptors (Lipinski definition) is 6. The number of aromatic nitrogens is 1. The van der Waals surface area contributed by atoms with E-state index in [1.807, 2.05) is 0 Å². The Morgan fingerprint density at radius 2 is 2.14 bits per heavy atom. The van der Waals surface area contributed by atoms with Gasteiger partial charge in [-0.25, -0.2) is 8.42 Å². The van der Waals surface area contributed by atoms with Crippen molar-refractivity contribution < 1.29 is 17.7 Å². The molecule has 29 heavy (non-hydrogen) atoms. The van der Waals surface area contributed by atoms with Crippen LogP contribution in [0.25, 0.3) is 0 Å². The highest BCUT2D eigenvalue weighted by Crippen LogP contribution is 2.57. The van der Waals surface area contributed by atoms with Gasteiger partial charge in [-0.3, -0.25) is 4.99 Å². The summed E-state index contributed by atoms with van der Waals surface area (Å²) in [4.78, 5) is 6.63. The molecule has 0 aromatic carbocycles. The molecule has 2 atom stereocenters. The van der Waals surface area contributed by atoms with Crippen LogP contribution in [0.1, 0.15) is 38.3 Å². The van der Waals surface area contributed by atoms with Crippen LogP contribution in [-0.2, 0) is 20.5 Å². The van der Waals surface area contributed by atoms with Gasteiger partial charge in [0, 0.05) is 57.4 Å². The second-order valence-electron chi connectivity index (χ2n) is 8.14. The Kier molecular flexibility index (Phi) is 5.85. The van der Waals surface area contributed by atoms with Gasteiger partial charge in [0.15, 0.2) is 5.96 Å². The summed E-state index contributed by atoms with van der Waals surface area (Å²) in [6.07, 6.45) is 6.45. The molecule has 4 rings (SSSR count). The van der Waals surface area contributed by atoms with Crippen LogP contribution in [0.2, 0.25) is 0 Å². The van der Waals surface area contributed by atoms with Crippen LogP contribution in [0.3, 0.4) is 0 Å². The standard InChI is InChI=1S/C19H31N5O4S/c1-3-27-17-13-16(19(17)6-4-7-19)21-18(20-2)23-8-10-24(11-9-23)29(25,26)14-15-5-12-28-22-15/h5,12,16-17H,3-4,6-11,13-14H2,1-2H3,(H,20,21). The molecule has 0 radical (unpaired) electrons. The van der Waals surface area contributed by atoms with E-state index in [0.717, 1.165) is 19.0 Å². The predicted octanol–water partition coefficient (Wildman–Crippen LogP) is 1.05. The molecule has 1 N–H and O–H groups in total. The largest absolute Gasteiger partial charge is 0.378 e. The molecule has 0 bridgehead atoms. The van der Waals surface area contributed by atoms with Gasteiger partial charge in [-0.15, -0.1) is 0 Å². The Balaban J connectivity index is 1.32. The van der Waals surface area contributed by atoms with Crippen molar-refractivity contribution in [3.63, 3.8) is 0 Å². The highest BCUT2D eigenvalue weighted by Gasteiger charge is 2.59. The average Bonchev–Trinajstić information content (AvgIpc) is 3.15. The zero-order valence-corrected chi connectivity index (χ0v) is 18.0. The maximum Gasteiger partial charge on any atom is 0.220 e. The molecular weight excluding hydrogens is 394 g/mol. The summed E-state index contributed by atoms with van der Waals surface area (Å²) in [5.74, 6) is 0.740. The van der Waals surface area contributed by atoms with Gasteiger partial charge in [0.1, 0.15) is 12.0 Å². The minimum absolute atomic E-state index is 0.125. The van der Waals surface area contributed by atoms with Crippen molar-refractivity contribution in [2.75, 3.05) is 39.8 Å². The lowest BCUT2D eigenvalue weighted by Gasteiger charge is -2.61. The zero-order chi connectivity index (χ0) is 20.5. The molecule has 2 saturated carbocycles. The minimum Gasteiger partial charge on any atom is -0.378 e. The summed E-state index contributed by atoms with van der Waals surface area (Å²) in [5.41, 5.74) is 0.693. The summed E-state index contributed by atoms with van der Waals surface area (Å²) in [5, 5.41) is 7.37. The Morgan fingerprint density at radius 1 is 1.38 bits per heavy atom. The molecule has 10 heteroatoms. The fourth-order valence-electron chi connectivity index (χ4n) is 4.86. The molecule has 2 unspecified atom stereocenters. The Morgan fingerprint density at radius 3 is 2.69 bits per heavy atom. The molecule has 0 amide bonds. The normalized spacial score (nSPS) is 27.5. The van der Waals surface area contributed by atoms with E-state index in [0.29, 0.717) is 44.0 Å². The van der Waals surface area contributed by atoms with Gasteiger partial charge in [0.2, 0.25) is 10.0 Å². The quantitative estimate of drug-likeness (QED) is 0.537. The molecule has 2 heterocycles. The molecule has 9 nitrogen and oxygen atoms in total. The maximum atomic E-state index is 12.6. The van der Waals surface area contributed by atoms with Crippen LogP contribution in [0.5, 0.6) is 0 Å². The van der Waals surface area contributed by atoms with Gasteiger partial charge >= 0.3 is 0 Å². The van der Waals surface area contributed by atoms with Crippen molar-refractivity contribution >= 4 is 16.0 Å². The predicted molar refractivity (Wildman–Crippen MR) is 109 cm³/mol. The first-order valence-electron chi connectivity index (χ1n) is 10.5. The van der Waals surface area contributed by atoms with Crippen molar-refractivity contribution in [1.29, 1.82) is 0 Å². The summed E-state index contributed by atoms with van der Waals surface area (Å²) >= 11 is 0. The van der Waals surface area contributed by atoms with E-state index in [1.54, 1.807) is 13.1 Å². The molecule has 1 aromatic rings. The highest BCUT2D eigenvalue weighted by molar-refractivity contribution is 7.88. The Hall–Kier alpha value is -1.65. The van der Waals surface area contributed by atoms with Crippen LogP contribution >= 0.6 is 0 Å². The van der Waals surface area contributed by atoms with E-state index in [1.165, 1.54) is 29.8 Å². The van der Waals surface area contributed by atoms with E-state index < -0.39 is 10.0 Å². The number of ether oxygens (including phenoxy) is 1. The van der Waals surface area contributed by atoms with Gasteiger partial charge in [-0.2, -0.15) is 4.31 Å². The number of nitrogens with one attached hydrogen (secondary N) is 1. The van der Waals surface area contributed by atoms with Gasteiger partial charge in [-0.05, 0) is 26.2 Å². The number of nitrogens with zero attached hydrogens (tertiary/aromatic N) is 4. The number of hydrogen-bond donors (Lipinski definition) is 1. The lowest BCUT2D eigenvalue weighted by atomic mass is 9.51. The Bertz CT molecular complexity index is 814. The van der Waals surface area contributed by atoms with Crippen molar-refractivity contribution in [2.45, 2.75) is 50.5 Å². The van der Waals surface area contributed by atoms with Crippen LogP contribution in [0, 0.1) is 5.41 Å². The lowest BCUT2D eigenvalue weighted by Crippen LogP contribution is -2.69. The molecule has 162 valence electrons. The monoisotopic (exact) mass is 425 g/mol. The number of piperazine rings is 1. The molecule has 2 aliphatic carbocycles. The third-order valence-corrected chi connectivity index (χ3v) is 8.52. The zero-order valence-electron chi connectivity index (χ0n) is 17.2. The van der Waals surface area contributed by atoms with Gasteiger partial charge in [-0.1, -0.05) is 11.6 Å². The fraction of sp³-hybridized carbons (Fsp3) is 0.789. The average molecular weight is 426 g/mol. The lowest BCUT2D eigenvalue weighted by molar-refractivity contribution is -0.169.